The van der Waals surface area contributed by atoms with Crippen LogP contribution < -0.4 is 0 Å². The smallest absolute Gasteiger partial charge is 0.380 e. The second-order valence-electron chi connectivity index (χ2n) is 11.6. The second-order valence-corrected chi connectivity index (χ2v) is 12.9. The summed E-state index contributed by atoms with van der Waals surface area (Å²) in [5.74, 6) is -0.625. The molecule has 4 unspecified atom stereocenters. The molecule has 0 aliphatic rings. The van der Waals surface area contributed by atoms with Gasteiger partial charge in [-0.05, 0) is 24.3 Å². The molecule has 0 fully saturated rings. The Kier molecular flexibility index (Phi) is 23.6. The lowest BCUT2D eigenvalue weighted by Crippen LogP contribution is -2.42. The summed E-state index contributed by atoms with van der Waals surface area (Å²) in [6.07, 6.45) is 22.0. The molecule has 1 rings (SSSR count). The number of esters is 1. The molecule has 0 heterocycles. The summed E-state index contributed by atoms with van der Waals surface area (Å²) in [5.41, 5.74) is -2.32. The molecular formula is C34H59O6PS. The van der Waals surface area contributed by atoms with E-state index >= 15 is 0 Å². The van der Waals surface area contributed by atoms with E-state index in [0.29, 0.717) is 12.3 Å². The van der Waals surface area contributed by atoms with Crippen molar-refractivity contribution in [2.75, 3.05) is 0 Å². The van der Waals surface area contributed by atoms with Crippen LogP contribution in [0.2, 0.25) is 0 Å². The maximum atomic E-state index is 12.6. The summed E-state index contributed by atoms with van der Waals surface area (Å²) >= 11 is 4.71. The number of ether oxygens (including phenoxy) is 3. The Morgan fingerprint density at radius 3 is 1.81 bits per heavy atom. The molecule has 1 N–H and O–H groups in total. The van der Waals surface area contributed by atoms with Crippen molar-refractivity contribution in [1.82, 2.24) is 0 Å². The minimum Gasteiger partial charge on any atom is -0.456 e. The van der Waals surface area contributed by atoms with Crippen molar-refractivity contribution in [1.29, 1.82) is 0 Å². The Labute approximate surface area is 263 Å². The Morgan fingerprint density at radius 1 is 0.833 bits per heavy atom. The summed E-state index contributed by atoms with van der Waals surface area (Å²) in [6, 6.07) is 9.08. The fraction of sp³-hybridized carbons (Fsp3) is 0.794. The lowest BCUT2D eigenvalue weighted by molar-refractivity contribution is -0.259. The molecule has 0 aromatic heterocycles. The predicted octanol–water partition coefficient (Wildman–Crippen LogP) is 10.4. The number of hydrogen-bond acceptors (Lipinski definition) is 7. The maximum Gasteiger partial charge on any atom is 0.380 e. The van der Waals surface area contributed by atoms with Crippen molar-refractivity contribution in [3.05, 3.63) is 35.9 Å². The standard InChI is InChI=1S/C34H59O6PS/c1-4-7-9-11-12-13-14-15-17-20-24-29(23-19-16-10-8-5-2)27-32(42)39-31(6-3)40-34(36,41-37)33(35)38-28-30-25-21-18-22-26-30/h18,21-22,25-26,29,31-32,36,42H,4-17,19-20,23-24,27-28H2,1-3H3. The first-order chi connectivity index (χ1) is 20.4. The van der Waals surface area contributed by atoms with Gasteiger partial charge in [-0.25, -0.2) is 4.79 Å². The summed E-state index contributed by atoms with van der Waals surface area (Å²) in [4.78, 5) is 12.6. The van der Waals surface area contributed by atoms with E-state index in [-0.39, 0.29) is 6.61 Å². The first kappa shape index (κ1) is 39.0. The SMILES string of the molecule is CCCCCCCCCCCCC(CCCCCCC)CC(S)OC(CC)OC(O)(P=O)C(=O)OCc1ccccc1. The lowest BCUT2D eigenvalue weighted by atomic mass is 9.91. The molecule has 8 heteroatoms. The van der Waals surface area contributed by atoms with Crippen LogP contribution in [0, 0.1) is 5.92 Å². The first-order valence-electron chi connectivity index (χ1n) is 16.7. The Hall–Kier alpha value is -0.980. The molecule has 1 aromatic carbocycles. The quantitative estimate of drug-likeness (QED) is 0.0317. The van der Waals surface area contributed by atoms with Gasteiger partial charge in [0.2, 0.25) is 8.46 Å². The van der Waals surface area contributed by atoms with Crippen LogP contribution in [-0.2, 0) is 30.2 Å². The van der Waals surface area contributed by atoms with Crippen LogP contribution in [0.25, 0.3) is 0 Å². The monoisotopic (exact) mass is 626 g/mol. The van der Waals surface area contributed by atoms with Crippen molar-refractivity contribution in [2.45, 2.75) is 167 Å². The van der Waals surface area contributed by atoms with Crippen LogP contribution in [0.5, 0.6) is 0 Å². The van der Waals surface area contributed by atoms with E-state index in [1.807, 2.05) is 25.1 Å². The van der Waals surface area contributed by atoms with Crippen LogP contribution in [0.1, 0.15) is 148 Å². The number of rotatable bonds is 28. The normalized spacial score (nSPS) is 15.3. The van der Waals surface area contributed by atoms with E-state index < -0.39 is 31.7 Å². The number of thiol groups is 1. The third kappa shape index (κ3) is 18.6. The lowest BCUT2D eigenvalue weighted by Gasteiger charge is -2.28. The van der Waals surface area contributed by atoms with E-state index in [4.69, 9.17) is 26.8 Å². The Bertz CT molecular complexity index is 797. The van der Waals surface area contributed by atoms with Crippen LogP contribution >= 0.6 is 21.1 Å². The zero-order valence-corrected chi connectivity index (χ0v) is 28.4. The number of unbranched alkanes of at least 4 members (excludes halogenated alkanes) is 13. The van der Waals surface area contributed by atoms with Gasteiger partial charge in [0.25, 0.3) is 0 Å². The van der Waals surface area contributed by atoms with Gasteiger partial charge in [-0.2, -0.15) is 0 Å². The molecule has 0 amide bonds. The second kappa shape index (κ2) is 25.4. The molecule has 242 valence electrons. The van der Waals surface area contributed by atoms with Crippen molar-refractivity contribution < 1.29 is 28.7 Å². The summed E-state index contributed by atoms with van der Waals surface area (Å²) < 4.78 is 28.5. The highest BCUT2D eigenvalue weighted by atomic mass is 32.1. The fourth-order valence-electron chi connectivity index (χ4n) is 5.17. The van der Waals surface area contributed by atoms with Crippen LogP contribution in [0.4, 0.5) is 0 Å². The van der Waals surface area contributed by atoms with E-state index in [1.54, 1.807) is 12.1 Å². The third-order valence-corrected chi connectivity index (χ3v) is 8.63. The van der Waals surface area contributed by atoms with E-state index in [2.05, 4.69) is 13.8 Å². The molecule has 0 aliphatic carbocycles. The molecule has 0 saturated heterocycles. The molecule has 0 spiro atoms. The molecule has 0 radical (unpaired) electrons. The largest absolute Gasteiger partial charge is 0.456 e. The summed E-state index contributed by atoms with van der Waals surface area (Å²) in [7, 11) is -0.907. The van der Waals surface area contributed by atoms with Gasteiger partial charge in [0.05, 0.1) is 0 Å². The van der Waals surface area contributed by atoms with Gasteiger partial charge in [0, 0.05) is 0 Å². The van der Waals surface area contributed by atoms with Gasteiger partial charge in [-0.3, -0.25) is 4.57 Å². The van der Waals surface area contributed by atoms with Gasteiger partial charge >= 0.3 is 11.5 Å². The van der Waals surface area contributed by atoms with Crippen molar-refractivity contribution in [2.24, 2.45) is 5.92 Å². The van der Waals surface area contributed by atoms with Crippen LogP contribution in [-0.4, -0.2) is 28.3 Å². The number of hydrogen-bond donors (Lipinski definition) is 2. The summed E-state index contributed by atoms with van der Waals surface area (Å²) in [5, 5.41) is 10.7. The highest BCUT2D eigenvalue weighted by Gasteiger charge is 2.43. The van der Waals surface area contributed by atoms with Gasteiger partial charge in [0.1, 0.15) is 12.0 Å². The number of carbonyl (C=O) groups excluding carboxylic acids is 1. The first-order valence-corrected chi connectivity index (χ1v) is 18.0. The molecular weight excluding hydrogens is 567 g/mol. The van der Waals surface area contributed by atoms with Crippen LogP contribution in [0.15, 0.2) is 30.3 Å². The highest BCUT2D eigenvalue weighted by Crippen LogP contribution is 2.30. The average molecular weight is 627 g/mol. The van der Waals surface area contributed by atoms with Crippen LogP contribution in [0.3, 0.4) is 0 Å². The van der Waals surface area contributed by atoms with Crippen molar-refractivity contribution in [3.63, 3.8) is 0 Å². The molecule has 0 bridgehead atoms. The minimum atomic E-state index is -2.64. The van der Waals surface area contributed by atoms with E-state index in [1.165, 1.54) is 96.3 Å². The molecule has 0 aliphatic heterocycles. The topological polar surface area (TPSA) is 82.1 Å². The van der Waals surface area contributed by atoms with E-state index in [9.17, 15) is 14.5 Å². The number of benzene rings is 1. The summed E-state index contributed by atoms with van der Waals surface area (Å²) in [6.45, 7) is 6.25. The zero-order valence-electron chi connectivity index (χ0n) is 26.6. The van der Waals surface area contributed by atoms with Crippen molar-refractivity contribution in [3.8, 4) is 0 Å². The van der Waals surface area contributed by atoms with Gasteiger partial charge in [-0.15, -0.1) is 12.6 Å². The molecule has 1 aromatic rings. The molecule has 42 heavy (non-hydrogen) atoms. The number of carbonyl (C=O) groups is 1. The van der Waals surface area contributed by atoms with Gasteiger partial charge in [-0.1, -0.05) is 160 Å². The zero-order chi connectivity index (χ0) is 30.9. The van der Waals surface area contributed by atoms with Crippen molar-refractivity contribution >= 4 is 27.1 Å². The predicted molar refractivity (Wildman–Crippen MR) is 176 cm³/mol. The molecule has 4 atom stereocenters. The Balaban J connectivity index is 2.55. The Morgan fingerprint density at radius 2 is 1.33 bits per heavy atom. The third-order valence-electron chi connectivity index (χ3n) is 7.76. The minimum absolute atomic E-state index is 0.0629. The van der Waals surface area contributed by atoms with Gasteiger partial charge in [0.15, 0.2) is 6.29 Å². The fourth-order valence-corrected chi connectivity index (χ4v) is 5.90. The average Bonchev–Trinajstić information content (AvgIpc) is 3.00. The number of aliphatic hydroxyl groups is 1. The molecule has 6 nitrogen and oxygen atoms in total. The van der Waals surface area contributed by atoms with Gasteiger partial charge < -0.3 is 19.3 Å². The maximum absolute atomic E-state index is 12.6. The highest BCUT2D eigenvalue weighted by molar-refractivity contribution is 7.80. The molecule has 0 saturated carbocycles. The van der Waals surface area contributed by atoms with E-state index in [0.717, 1.165) is 24.8 Å².